The van der Waals surface area contributed by atoms with Crippen LogP contribution in [-0.2, 0) is 9.53 Å². The maximum Gasteiger partial charge on any atom is 0.309 e. The SMILES string of the molecule is CCOC(=O)C1CCN(C(=O)c2cccn2C(C)C)CC1. The molecule has 1 saturated heterocycles. The number of aromatic nitrogens is 1. The van der Waals surface area contributed by atoms with E-state index >= 15 is 0 Å². The van der Waals surface area contributed by atoms with Crippen LogP contribution in [0.4, 0.5) is 0 Å². The molecule has 5 nitrogen and oxygen atoms in total. The van der Waals surface area contributed by atoms with Gasteiger partial charge >= 0.3 is 5.97 Å². The molecular weight excluding hydrogens is 268 g/mol. The molecule has 0 N–H and O–H groups in total. The molecule has 116 valence electrons. The van der Waals surface area contributed by atoms with Gasteiger partial charge in [0.2, 0.25) is 0 Å². The lowest BCUT2D eigenvalue weighted by molar-refractivity contribution is -0.149. The van der Waals surface area contributed by atoms with Crippen molar-refractivity contribution in [2.45, 2.75) is 39.7 Å². The van der Waals surface area contributed by atoms with Gasteiger partial charge in [0.15, 0.2) is 0 Å². The number of amides is 1. The molecule has 0 spiro atoms. The molecule has 1 aromatic heterocycles. The van der Waals surface area contributed by atoms with Gasteiger partial charge in [-0.3, -0.25) is 9.59 Å². The number of hydrogen-bond acceptors (Lipinski definition) is 3. The van der Waals surface area contributed by atoms with Gasteiger partial charge in [0, 0.05) is 25.3 Å². The minimum atomic E-state index is -0.129. The number of rotatable bonds is 4. The van der Waals surface area contributed by atoms with Crippen LogP contribution in [0, 0.1) is 5.92 Å². The molecule has 0 bridgehead atoms. The summed E-state index contributed by atoms with van der Waals surface area (Å²) in [5, 5.41) is 0. The molecule has 0 unspecified atom stereocenters. The zero-order valence-corrected chi connectivity index (χ0v) is 13.0. The van der Waals surface area contributed by atoms with Crippen LogP contribution >= 0.6 is 0 Å². The Labute approximate surface area is 125 Å². The first-order valence-corrected chi connectivity index (χ1v) is 7.67. The first kappa shape index (κ1) is 15.6. The highest BCUT2D eigenvalue weighted by atomic mass is 16.5. The molecule has 1 amide bonds. The van der Waals surface area contributed by atoms with Crippen molar-refractivity contribution in [1.29, 1.82) is 0 Å². The molecule has 0 saturated carbocycles. The van der Waals surface area contributed by atoms with Crippen LogP contribution in [0.1, 0.15) is 50.1 Å². The summed E-state index contributed by atoms with van der Waals surface area (Å²) in [6.45, 7) is 7.58. The minimum absolute atomic E-state index is 0.0519. The second-order valence-electron chi connectivity index (χ2n) is 5.71. The fraction of sp³-hybridized carbons (Fsp3) is 0.625. The third kappa shape index (κ3) is 3.46. The van der Waals surface area contributed by atoms with E-state index in [1.807, 2.05) is 34.7 Å². The molecule has 0 atom stereocenters. The van der Waals surface area contributed by atoms with Crippen molar-refractivity contribution < 1.29 is 14.3 Å². The van der Waals surface area contributed by atoms with Crippen LogP contribution in [0.5, 0.6) is 0 Å². The highest BCUT2D eigenvalue weighted by molar-refractivity contribution is 5.93. The number of hydrogen-bond donors (Lipinski definition) is 0. The van der Waals surface area contributed by atoms with E-state index < -0.39 is 0 Å². The molecule has 1 fully saturated rings. The fourth-order valence-corrected chi connectivity index (χ4v) is 2.77. The number of esters is 1. The van der Waals surface area contributed by atoms with Gasteiger partial charge in [-0.05, 0) is 45.7 Å². The van der Waals surface area contributed by atoms with E-state index in [2.05, 4.69) is 13.8 Å². The largest absolute Gasteiger partial charge is 0.466 e. The van der Waals surface area contributed by atoms with Crippen molar-refractivity contribution in [2.75, 3.05) is 19.7 Å². The van der Waals surface area contributed by atoms with Crippen LogP contribution in [0.3, 0.4) is 0 Å². The summed E-state index contributed by atoms with van der Waals surface area (Å²) in [5.41, 5.74) is 0.722. The highest BCUT2D eigenvalue weighted by Crippen LogP contribution is 2.21. The van der Waals surface area contributed by atoms with Crippen molar-refractivity contribution in [1.82, 2.24) is 9.47 Å². The Morgan fingerprint density at radius 2 is 2.00 bits per heavy atom. The Bertz CT molecular complexity index is 499. The molecule has 0 aliphatic carbocycles. The predicted molar refractivity (Wildman–Crippen MR) is 80.1 cm³/mol. The van der Waals surface area contributed by atoms with Gasteiger partial charge in [-0.2, -0.15) is 0 Å². The Balaban J connectivity index is 1.97. The van der Waals surface area contributed by atoms with Crippen LogP contribution < -0.4 is 0 Å². The number of likely N-dealkylation sites (tertiary alicyclic amines) is 1. The zero-order valence-electron chi connectivity index (χ0n) is 13.0. The minimum Gasteiger partial charge on any atom is -0.466 e. The second kappa shape index (κ2) is 6.78. The van der Waals surface area contributed by atoms with Crippen LogP contribution in [-0.4, -0.2) is 41.0 Å². The van der Waals surface area contributed by atoms with Gasteiger partial charge in [0.25, 0.3) is 5.91 Å². The number of carbonyl (C=O) groups excluding carboxylic acids is 2. The monoisotopic (exact) mass is 292 g/mol. The van der Waals surface area contributed by atoms with Gasteiger partial charge in [0.05, 0.1) is 12.5 Å². The smallest absolute Gasteiger partial charge is 0.309 e. The number of piperidine rings is 1. The average Bonchev–Trinajstić information content (AvgIpc) is 2.96. The molecule has 1 aliphatic rings. The summed E-state index contributed by atoms with van der Waals surface area (Å²) in [6, 6.07) is 4.02. The third-order valence-electron chi connectivity index (χ3n) is 3.96. The molecular formula is C16H24N2O3. The fourth-order valence-electron chi connectivity index (χ4n) is 2.77. The van der Waals surface area contributed by atoms with E-state index in [-0.39, 0.29) is 23.8 Å². The van der Waals surface area contributed by atoms with Crippen molar-refractivity contribution in [2.24, 2.45) is 5.92 Å². The summed E-state index contributed by atoms with van der Waals surface area (Å²) < 4.78 is 7.04. The summed E-state index contributed by atoms with van der Waals surface area (Å²) >= 11 is 0. The topological polar surface area (TPSA) is 51.5 Å². The van der Waals surface area contributed by atoms with E-state index in [0.29, 0.717) is 32.5 Å². The van der Waals surface area contributed by atoms with Gasteiger partial charge < -0.3 is 14.2 Å². The Morgan fingerprint density at radius 3 is 2.57 bits per heavy atom. The standard InChI is InChI=1S/C16H24N2O3/c1-4-21-16(20)13-7-10-17(11-8-13)15(19)14-6-5-9-18(14)12(2)3/h5-6,9,12-13H,4,7-8,10-11H2,1-3H3. The number of ether oxygens (including phenoxy) is 1. The van der Waals surface area contributed by atoms with Crippen molar-refractivity contribution in [3.63, 3.8) is 0 Å². The lowest BCUT2D eigenvalue weighted by Gasteiger charge is -2.31. The summed E-state index contributed by atoms with van der Waals surface area (Å²) in [6.07, 6.45) is 3.31. The molecule has 2 heterocycles. The molecule has 0 aromatic carbocycles. The molecule has 5 heteroatoms. The normalized spacial score (nSPS) is 16.3. The van der Waals surface area contributed by atoms with Gasteiger partial charge in [-0.25, -0.2) is 0 Å². The molecule has 0 radical (unpaired) electrons. The van der Waals surface area contributed by atoms with Crippen molar-refractivity contribution >= 4 is 11.9 Å². The first-order chi connectivity index (χ1) is 10.0. The second-order valence-corrected chi connectivity index (χ2v) is 5.71. The number of nitrogens with zero attached hydrogens (tertiary/aromatic N) is 2. The Morgan fingerprint density at radius 1 is 1.33 bits per heavy atom. The lowest BCUT2D eigenvalue weighted by Crippen LogP contribution is -2.41. The van der Waals surface area contributed by atoms with Crippen molar-refractivity contribution in [3.05, 3.63) is 24.0 Å². The van der Waals surface area contributed by atoms with Gasteiger partial charge in [-0.1, -0.05) is 0 Å². The van der Waals surface area contributed by atoms with E-state index in [0.717, 1.165) is 5.69 Å². The summed E-state index contributed by atoms with van der Waals surface area (Å²) in [4.78, 5) is 26.1. The Kier molecular flexibility index (Phi) is 5.04. The van der Waals surface area contributed by atoms with E-state index in [1.165, 1.54) is 0 Å². The molecule has 1 aliphatic heterocycles. The lowest BCUT2D eigenvalue weighted by atomic mass is 9.97. The summed E-state index contributed by atoms with van der Waals surface area (Å²) in [7, 11) is 0. The van der Waals surface area contributed by atoms with Gasteiger partial charge in [0.1, 0.15) is 5.69 Å². The summed E-state index contributed by atoms with van der Waals surface area (Å²) in [5.74, 6) is -0.142. The predicted octanol–water partition coefficient (Wildman–Crippen LogP) is 2.48. The Hall–Kier alpha value is -1.78. The first-order valence-electron chi connectivity index (χ1n) is 7.67. The highest BCUT2D eigenvalue weighted by Gasteiger charge is 2.29. The van der Waals surface area contributed by atoms with E-state index in [4.69, 9.17) is 4.74 Å². The van der Waals surface area contributed by atoms with E-state index in [9.17, 15) is 9.59 Å². The van der Waals surface area contributed by atoms with Crippen molar-refractivity contribution in [3.8, 4) is 0 Å². The van der Waals surface area contributed by atoms with Crippen LogP contribution in [0.15, 0.2) is 18.3 Å². The maximum absolute atomic E-state index is 12.6. The molecule has 21 heavy (non-hydrogen) atoms. The third-order valence-corrected chi connectivity index (χ3v) is 3.96. The number of carbonyl (C=O) groups is 2. The average molecular weight is 292 g/mol. The molecule has 2 rings (SSSR count). The quantitative estimate of drug-likeness (QED) is 0.801. The van der Waals surface area contributed by atoms with E-state index in [1.54, 1.807) is 0 Å². The van der Waals surface area contributed by atoms with Gasteiger partial charge in [-0.15, -0.1) is 0 Å². The zero-order chi connectivity index (χ0) is 15.4. The molecule has 1 aromatic rings. The van der Waals surface area contributed by atoms with Crippen LogP contribution in [0.25, 0.3) is 0 Å². The maximum atomic E-state index is 12.6. The van der Waals surface area contributed by atoms with Crippen LogP contribution in [0.2, 0.25) is 0 Å².